The first kappa shape index (κ1) is 14.6. The summed E-state index contributed by atoms with van der Waals surface area (Å²) >= 11 is 0. The molecule has 0 bridgehead atoms. The number of benzene rings is 2. The quantitative estimate of drug-likeness (QED) is 0.759. The van der Waals surface area contributed by atoms with Gasteiger partial charge in [0.25, 0.3) is 0 Å². The Kier molecular flexibility index (Phi) is 5.63. The Morgan fingerprint density at radius 2 is 1.60 bits per heavy atom. The maximum Gasteiger partial charge on any atom is 0.118 e. The van der Waals surface area contributed by atoms with Crippen LogP contribution in [0.5, 0.6) is 5.75 Å². The van der Waals surface area contributed by atoms with E-state index in [0.29, 0.717) is 0 Å². The molecule has 106 valence electrons. The molecule has 2 rings (SSSR count). The highest BCUT2D eigenvalue weighted by Gasteiger charge is 2.04. The lowest BCUT2D eigenvalue weighted by Crippen LogP contribution is -2.25. The molecule has 0 aliphatic carbocycles. The average molecular weight is 269 g/mol. The highest BCUT2D eigenvalue weighted by Crippen LogP contribution is 2.13. The normalized spacial score (nSPS) is 10.8. The minimum absolute atomic E-state index is 0.918. The van der Waals surface area contributed by atoms with Crippen LogP contribution in [0.2, 0.25) is 0 Å². The zero-order valence-corrected chi connectivity index (χ0v) is 12.4. The summed E-state index contributed by atoms with van der Waals surface area (Å²) in [5.41, 5.74) is 2.74. The van der Waals surface area contributed by atoms with Gasteiger partial charge in [0.2, 0.25) is 0 Å². The van der Waals surface area contributed by atoms with Crippen molar-refractivity contribution >= 4 is 0 Å². The smallest absolute Gasteiger partial charge is 0.118 e. The zero-order chi connectivity index (χ0) is 14.2. The van der Waals surface area contributed by atoms with E-state index in [2.05, 4.69) is 54.3 Å². The Labute approximate surface area is 122 Å². The van der Waals surface area contributed by atoms with Crippen LogP contribution in [0.4, 0.5) is 0 Å². The van der Waals surface area contributed by atoms with Crippen LogP contribution in [-0.2, 0) is 13.0 Å². The first-order valence-electron chi connectivity index (χ1n) is 7.21. The van der Waals surface area contributed by atoms with Gasteiger partial charge in [-0.05, 0) is 36.2 Å². The van der Waals surface area contributed by atoms with Crippen molar-refractivity contribution in [3.05, 3.63) is 65.7 Å². The van der Waals surface area contributed by atoms with Gasteiger partial charge in [0.15, 0.2) is 0 Å². The van der Waals surface area contributed by atoms with E-state index in [-0.39, 0.29) is 0 Å². The van der Waals surface area contributed by atoms with Gasteiger partial charge in [0.05, 0.1) is 7.11 Å². The maximum atomic E-state index is 5.19. The molecule has 0 N–H and O–H groups in total. The van der Waals surface area contributed by atoms with Crippen molar-refractivity contribution in [2.45, 2.75) is 19.9 Å². The minimum Gasteiger partial charge on any atom is -0.497 e. The Morgan fingerprint density at radius 1 is 0.900 bits per heavy atom. The molecule has 20 heavy (non-hydrogen) atoms. The highest BCUT2D eigenvalue weighted by atomic mass is 16.5. The molecule has 0 aromatic heterocycles. The van der Waals surface area contributed by atoms with Crippen molar-refractivity contribution in [3.8, 4) is 5.75 Å². The standard InChI is InChI=1S/C18H23NO/c1-3-19(14-13-16-7-5-4-6-8-16)15-17-9-11-18(20-2)12-10-17/h4-12H,3,13-15H2,1-2H3. The Bertz CT molecular complexity index is 493. The van der Waals surface area contributed by atoms with E-state index in [9.17, 15) is 0 Å². The van der Waals surface area contributed by atoms with Crippen LogP contribution in [-0.4, -0.2) is 25.1 Å². The van der Waals surface area contributed by atoms with E-state index in [0.717, 1.165) is 31.8 Å². The Balaban J connectivity index is 1.88. The van der Waals surface area contributed by atoms with Crippen molar-refractivity contribution in [2.24, 2.45) is 0 Å². The Hall–Kier alpha value is -1.80. The molecule has 0 fully saturated rings. The predicted octanol–water partition coefficient (Wildman–Crippen LogP) is 3.76. The number of ether oxygens (including phenoxy) is 1. The number of nitrogens with zero attached hydrogens (tertiary/aromatic N) is 1. The molecular formula is C18H23NO. The number of hydrogen-bond acceptors (Lipinski definition) is 2. The van der Waals surface area contributed by atoms with Gasteiger partial charge in [-0.3, -0.25) is 4.90 Å². The van der Waals surface area contributed by atoms with Crippen LogP contribution in [0.25, 0.3) is 0 Å². The van der Waals surface area contributed by atoms with E-state index in [1.54, 1.807) is 7.11 Å². The molecule has 0 unspecified atom stereocenters. The van der Waals surface area contributed by atoms with E-state index in [1.165, 1.54) is 11.1 Å². The van der Waals surface area contributed by atoms with Crippen molar-refractivity contribution in [1.82, 2.24) is 4.90 Å². The predicted molar refractivity (Wildman–Crippen MR) is 84.1 cm³/mol. The second-order valence-corrected chi connectivity index (χ2v) is 4.95. The first-order valence-corrected chi connectivity index (χ1v) is 7.21. The summed E-state index contributed by atoms with van der Waals surface area (Å²) in [6.45, 7) is 5.37. The summed E-state index contributed by atoms with van der Waals surface area (Å²) in [7, 11) is 1.70. The zero-order valence-electron chi connectivity index (χ0n) is 12.4. The summed E-state index contributed by atoms with van der Waals surface area (Å²) in [5, 5.41) is 0. The molecule has 0 heterocycles. The van der Waals surface area contributed by atoms with Gasteiger partial charge in [-0.15, -0.1) is 0 Å². The molecule has 0 aliphatic rings. The lowest BCUT2D eigenvalue weighted by atomic mass is 10.1. The lowest BCUT2D eigenvalue weighted by molar-refractivity contribution is 0.283. The van der Waals surface area contributed by atoms with Gasteiger partial charge in [-0.2, -0.15) is 0 Å². The third kappa shape index (κ3) is 4.39. The summed E-state index contributed by atoms with van der Waals surface area (Å²) in [6.07, 6.45) is 1.10. The van der Waals surface area contributed by atoms with Crippen LogP contribution < -0.4 is 4.74 Å². The van der Waals surface area contributed by atoms with Crippen LogP contribution in [0.3, 0.4) is 0 Å². The van der Waals surface area contributed by atoms with Crippen LogP contribution >= 0.6 is 0 Å². The monoisotopic (exact) mass is 269 g/mol. The van der Waals surface area contributed by atoms with Gasteiger partial charge in [-0.1, -0.05) is 49.4 Å². The van der Waals surface area contributed by atoms with Crippen LogP contribution in [0.15, 0.2) is 54.6 Å². The third-order valence-electron chi connectivity index (χ3n) is 3.57. The summed E-state index contributed by atoms with van der Waals surface area (Å²) in [4.78, 5) is 2.47. The van der Waals surface area contributed by atoms with Crippen molar-refractivity contribution in [1.29, 1.82) is 0 Å². The molecule has 0 amide bonds. The molecule has 2 nitrogen and oxygen atoms in total. The van der Waals surface area contributed by atoms with Gasteiger partial charge in [0, 0.05) is 13.1 Å². The van der Waals surface area contributed by atoms with Gasteiger partial charge in [-0.25, -0.2) is 0 Å². The molecule has 0 atom stereocenters. The Morgan fingerprint density at radius 3 is 2.20 bits per heavy atom. The number of methoxy groups -OCH3 is 1. The SMILES string of the molecule is CCN(CCc1ccccc1)Cc1ccc(OC)cc1. The summed E-state index contributed by atoms with van der Waals surface area (Å²) < 4.78 is 5.19. The second-order valence-electron chi connectivity index (χ2n) is 4.95. The highest BCUT2D eigenvalue weighted by molar-refractivity contribution is 5.27. The number of rotatable bonds is 7. The van der Waals surface area contributed by atoms with Crippen molar-refractivity contribution in [2.75, 3.05) is 20.2 Å². The molecule has 0 saturated carbocycles. The lowest BCUT2D eigenvalue weighted by Gasteiger charge is -2.20. The molecule has 2 aromatic carbocycles. The van der Waals surface area contributed by atoms with Crippen molar-refractivity contribution < 1.29 is 4.74 Å². The molecule has 0 saturated heterocycles. The van der Waals surface area contributed by atoms with E-state index >= 15 is 0 Å². The van der Waals surface area contributed by atoms with Gasteiger partial charge in [0.1, 0.15) is 5.75 Å². The van der Waals surface area contributed by atoms with Crippen molar-refractivity contribution in [3.63, 3.8) is 0 Å². The van der Waals surface area contributed by atoms with Crippen LogP contribution in [0, 0.1) is 0 Å². The number of hydrogen-bond donors (Lipinski definition) is 0. The summed E-state index contributed by atoms with van der Waals surface area (Å²) in [6, 6.07) is 19.0. The fraction of sp³-hybridized carbons (Fsp3) is 0.333. The molecule has 0 aliphatic heterocycles. The van der Waals surface area contributed by atoms with E-state index in [4.69, 9.17) is 4.74 Å². The maximum absolute atomic E-state index is 5.19. The minimum atomic E-state index is 0.918. The largest absolute Gasteiger partial charge is 0.497 e. The van der Waals surface area contributed by atoms with Gasteiger partial charge >= 0.3 is 0 Å². The summed E-state index contributed by atoms with van der Waals surface area (Å²) in [5.74, 6) is 0.918. The molecule has 2 heteroatoms. The fourth-order valence-corrected chi connectivity index (χ4v) is 2.27. The van der Waals surface area contributed by atoms with Crippen LogP contribution in [0.1, 0.15) is 18.1 Å². The molecular weight excluding hydrogens is 246 g/mol. The van der Waals surface area contributed by atoms with E-state index < -0.39 is 0 Å². The topological polar surface area (TPSA) is 12.5 Å². The van der Waals surface area contributed by atoms with Gasteiger partial charge < -0.3 is 4.74 Å². The van der Waals surface area contributed by atoms with E-state index in [1.807, 2.05) is 12.1 Å². The molecule has 2 aromatic rings. The third-order valence-corrected chi connectivity index (χ3v) is 3.57. The molecule has 0 radical (unpaired) electrons. The molecule has 0 spiro atoms. The number of likely N-dealkylation sites (N-methyl/N-ethyl adjacent to an activating group) is 1. The fourth-order valence-electron chi connectivity index (χ4n) is 2.27. The second kappa shape index (κ2) is 7.71. The average Bonchev–Trinajstić information content (AvgIpc) is 2.53. The first-order chi connectivity index (χ1) is 9.81.